The summed E-state index contributed by atoms with van der Waals surface area (Å²) in [6, 6.07) is 17.6. The van der Waals surface area contributed by atoms with Gasteiger partial charge >= 0.3 is 5.69 Å². The van der Waals surface area contributed by atoms with Gasteiger partial charge < -0.3 is 4.90 Å². The third-order valence-corrected chi connectivity index (χ3v) is 4.81. The van der Waals surface area contributed by atoms with E-state index in [0.717, 1.165) is 16.0 Å². The van der Waals surface area contributed by atoms with Crippen molar-refractivity contribution in [3.8, 4) is 0 Å². The highest BCUT2D eigenvalue weighted by Crippen LogP contribution is 2.37. The second-order valence-electron chi connectivity index (χ2n) is 5.86. The van der Waals surface area contributed by atoms with Crippen molar-refractivity contribution in [2.45, 2.75) is 23.4 Å². The van der Waals surface area contributed by atoms with Crippen molar-refractivity contribution >= 4 is 23.3 Å². The van der Waals surface area contributed by atoms with Crippen LogP contribution in [0.5, 0.6) is 0 Å². The minimum absolute atomic E-state index is 0.0727. The summed E-state index contributed by atoms with van der Waals surface area (Å²) in [5.74, 6) is 0.309. The molecule has 132 valence electrons. The van der Waals surface area contributed by atoms with E-state index in [-0.39, 0.29) is 5.69 Å². The van der Waals surface area contributed by atoms with Gasteiger partial charge in [0.25, 0.3) is 0 Å². The van der Waals surface area contributed by atoms with Gasteiger partial charge in [-0.3, -0.25) is 10.1 Å². The molecule has 3 rings (SSSR count). The monoisotopic (exact) mass is 366 g/mol. The van der Waals surface area contributed by atoms with Gasteiger partial charge in [-0.2, -0.15) is 0 Å². The lowest BCUT2D eigenvalue weighted by molar-refractivity contribution is -0.387. The zero-order chi connectivity index (χ0) is 18.5. The molecule has 3 aromatic rings. The fourth-order valence-electron chi connectivity index (χ4n) is 2.52. The summed E-state index contributed by atoms with van der Waals surface area (Å²) in [7, 11) is 1.79. The number of benzene rings is 2. The summed E-state index contributed by atoms with van der Waals surface area (Å²) in [5, 5.41) is 12.1. The van der Waals surface area contributed by atoms with Crippen LogP contribution < -0.4 is 4.90 Å². The number of aryl methyl sites for hydroxylation is 1. The van der Waals surface area contributed by atoms with Crippen LogP contribution in [-0.4, -0.2) is 21.9 Å². The first-order chi connectivity index (χ1) is 12.5. The maximum atomic E-state index is 11.7. The maximum Gasteiger partial charge on any atom is 0.343 e. The Labute approximate surface area is 156 Å². The van der Waals surface area contributed by atoms with E-state index in [1.54, 1.807) is 11.9 Å². The molecule has 0 unspecified atom stereocenters. The molecule has 0 bridgehead atoms. The fraction of sp³-hybridized carbons (Fsp3) is 0.158. The lowest BCUT2D eigenvalue weighted by Crippen LogP contribution is -2.19. The highest BCUT2D eigenvalue weighted by Gasteiger charge is 2.26. The van der Waals surface area contributed by atoms with E-state index >= 15 is 0 Å². The lowest BCUT2D eigenvalue weighted by Gasteiger charge is -2.18. The quantitative estimate of drug-likeness (QED) is 0.364. The summed E-state index contributed by atoms with van der Waals surface area (Å²) in [6.07, 6.45) is 1.38. The first kappa shape index (κ1) is 17.9. The Kier molecular flexibility index (Phi) is 5.48. The van der Waals surface area contributed by atoms with Gasteiger partial charge in [-0.15, -0.1) is 0 Å². The predicted octanol–water partition coefficient (Wildman–Crippen LogP) is 4.48. The van der Waals surface area contributed by atoms with Crippen molar-refractivity contribution in [3.63, 3.8) is 0 Å². The normalized spacial score (nSPS) is 10.5. The molecule has 0 fully saturated rings. The van der Waals surface area contributed by atoms with Crippen molar-refractivity contribution in [2.75, 3.05) is 11.9 Å². The molecule has 0 radical (unpaired) electrons. The SMILES string of the molecule is Cc1ccc(Sc2ncnc(N(C)Cc3ccccc3)c2[N+](=O)[O-])cc1. The maximum absolute atomic E-state index is 11.7. The van der Waals surface area contributed by atoms with Crippen molar-refractivity contribution in [2.24, 2.45) is 0 Å². The van der Waals surface area contributed by atoms with E-state index in [4.69, 9.17) is 0 Å². The van der Waals surface area contributed by atoms with Crippen LogP contribution in [0.15, 0.2) is 70.8 Å². The Bertz CT molecular complexity index is 901. The van der Waals surface area contributed by atoms with Crippen LogP contribution in [0.1, 0.15) is 11.1 Å². The number of aromatic nitrogens is 2. The molecule has 0 N–H and O–H groups in total. The molecule has 2 aromatic carbocycles. The molecular weight excluding hydrogens is 348 g/mol. The van der Waals surface area contributed by atoms with E-state index in [2.05, 4.69) is 9.97 Å². The second kappa shape index (κ2) is 7.97. The minimum atomic E-state index is -0.409. The highest BCUT2D eigenvalue weighted by atomic mass is 32.2. The van der Waals surface area contributed by atoms with Crippen LogP contribution in [0, 0.1) is 17.0 Å². The molecule has 0 saturated carbocycles. The summed E-state index contributed by atoms with van der Waals surface area (Å²) in [6.45, 7) is 2.52. The van der Waals surface area contributed by atoms with Gasteiger partial charge in [-0.25, -0.2) is 9.97 Å². The molecule has 1 aromatic heterocycles. The van der Waals surface area contributed by atoms with E-state index < -0.39 is 4.92 Å². The van der Waals surface area contributed by atoms with Crippen molar-refractivity contribution in [1.29, 1.82) is 0 Å². The topological polar surface area (TPSA) is 72.2 Å². The van der Waals surface area contributed by atoms with E-state index in [0.29, 0.717) is 17.4 Å². The number of nitro groups is 1. The molecule has 0 spiro atoms. The Balaban J connectivity index is 1.93. The number of hydrogen-bond donors (Lipinski definition) is 0. The molecule has 0 atom stereocenters. The molecule has 7 heteroatoms. The smallest absolute Gasteiger partial charge is 0.343 e. The molecular formula is C19H18N4O2S. The number of rotatable bonds is 6. The summed E-state index contributed by atoms with van der Waals surface area (Å²) < 4.78 is 0. The van der Waals surface area contributed by atoms with Crippen molar-refractivity contribution in [1.82, 2.24) is 9.97 Å². The zero-order valence-electron chi connectivity index (χ0n) is 14.5. The summed E-state index contributed by atoms with van der Waals surface area (Å²) in [4.78, 5) is 22.3. The van der Waals surface area contributed by atoms with Crippen molar-refractivity contribution in [3.05, 3.63) is 82.2 Å². The summed E-state index contributed by atoms with van der Waals surface area (Å²) in [5.41, 5.74) is 2.11. The average molecular weight is 366 g/mol. The Morgan fingerprint density at radius 2 is 1.77 bits per heavy atom. The third kappa shape index (κ3) is 4.18. The van der Waals surface area contributed by atoms with Crippen LogP contribution in [0.25, 0.3) is 0 Å². The Hall–Kier alpha value is -2.93. The van der Waals surface area contributed by atoms with Gasteiger partial charge in [0.1, 0.15) is 6.33 Å². The third-order valence-electron chi connectivity index (χ3n) is 3.81. The van der Waals surface area contributed by atoms with E-state index in [9.17, 15) is 10.1 Å². The fourth-order valence-corrected chi connectivity index (χ4v) is 3.38. The molecule has 0 aliphatic rings. The van der Waals surface area contributed by atoms with Crippen LogP contribution in [0.4, 0.5) is 11.5 Å². The van der Waals surface area contributed by atoms with Gasteiger partial charge in [0.15, 0.2) is 5.03 Å². The average Bonchev–Trinajstić information content (AvgIpc) is 2.64. The standard InChI is InChI=1S/C19H18N4O2S/c1-14-8-10-16(11-9-14)26-19-17(23(24)25)18(20-13-21-19)22(2)12-15-6-4-3-5-7-15/h3-11,13H,12H2,1-2H3. The predicted molar refractivity (Wildman–Crippen MR) is 103 cm³/mol. The lowest BCUT2D eigenvalue weighted by atomic mass is 10.2. The number of hydrogen-bond acceptors (Lipinski definition) is 6. The number of anilines is 1. The molecule has 0 aliphatic heterocycles. The summed E-state index contributed by atoms with van der Waals surface area (Å²) >= 11 is 1.27. The van der Waals surface area contributed by atoms with Gasteiger partial charge in [0.05, 0.1) is 4.92 Å². The number of nitrogens with zero attached hydrogens (tertiary/aromatic N) is 4. The van der Waals surface area contributed by atoms with Crippen LogP contribution >= 0.6 is 11.8 Å². The highest BCUT2D eigenvalue weighted by molar-refractivity contribution is 7.99. The first-order valence-electron chi connectivity index (χ1n) is 8.03. The minimum Gasteiger partial charge on any atom is -0.349 e. The molecule has 0 aliphatic carbocycles. The largest absolute Gasteiger partial charge is 0.349 e. The van der Waals surface area contributed by atoms with Crippen LogP contribution in [0.3, 0.4) is 0 Å². The van der Waals surface area contributed by atoms with Gasteiger partial charge in [-0.05, 0) is 24.6 Å². The van der Waals surface area contributed by atoms with Crippen molar-refractivity contribution < 1.29 is 4.92 Å². The zero-order valence-corrected chi connectivity index (χ0v) is 15.3. The molecule has 1 heterocycles. The van der Waals surface area contributed by atoms with Crippen LogP contribution in [-0.2, 0) is 6.54 Å². The first-order valence-corrected chi connectivity index (χ1v) is 8.85. The van der Waals surface area contributed by atoms with E-state index in [1.807, 2.05) is 61.5 Å². The van der Waals surface area contributed by atoms with Gasteiger partial charge in [-0.1, -0.05) is 59.8 Å². The molecule has 26 heavy (non-hydrogen) atoms. The van der Waals surface area contributed by atoms with Crippen LogP contribution in [0.2, 0.25) is 0 Å². The Morgan fingerprint density at radius 3 is 2.42 bits per heavy atom. The second-order valence-corrected chi connectivity index (χ2v) is 6.93. The van der Waals surface area contributed by atoms with Gasteiger partial charge in [0, 0.05) is 18.5 Å². The Morgan fingerprint density at radius 1 is 1.08 bits per heavy atom. The molecule has 6 nitrogen and oxygen atoms in total. The molecule has 0 amide bonds. The van der Waals surface area contributed by atoms with E-state index in [1.165, 1.54) is 18.1 Å². The van der Waals surface area contributed by atoms with Gasteiger partial charge in [0.2, 0.25) is 5.82 Å². The molecule has 0 saturated heterocycles.